The molecule has 0 fully saturated rings. The summed E-state index contributed by atoms with van der Waals surface area (Å²) in [5.74, 6) is 0. The molecular formula is C14H30O. The number of unbranched alkanes of at least 4 members (excludes halogenated alkanes) is 7. The van der Waals surface area contributed by atoms with Gasteiger partial charge in [-0.3, -0.25) is 0 Å². The monoisotopic (exact) mass is 214 g/mol. The summed E-state index contributed by atoms with van der Waals surface area (Å²) in [7, 11) is 0. The molecule has 0 radical (unpaired) electrons. The van der Waals surface area contributed by atoms with Crippen molar-refractivity contribution in [3.05, 3.63) is 0 Å². The van der Waals surface area contributed by atoms with Crippen LogP contribution in [0.15, 0.2) is 0 Å². The SMILES string of the molecule is CCCCCCCCCCC(C)OCC. The minimum atomic E-state index is 0.468. The molecule has 1 atom stereocenters. The van der Waals surface area contributed by atoms with Gasteiger partial charge in [0.05, 0.1) is 6.10 Å². The molecule has 0 bridgehead atoms. The van der Waals surface area contributed by atoms with Gasteiger partial charge in [-0.25, -0.2) is 0 Å². The van der Waals surface area contributed by atoms with Crippen LogP contribution in [0, 0.1) is 0 Å². The van der Waals surface area contributed by atoms with Crippen molar-refractivity contribution in [3.8, 4) is 0 Å². The summed E-state index contributed by atoms with van der Waals surface area (Å²) in [6.07, 6.45) is 12.9. The second-order valence-electron chi connectivity index (χ2n) is 4.53. The van der Waals surface area contributed by atoms with E-state index >= 15 is 0 Å². The van der Waals surface area contributed by atoms with Crippen molar-refractivity contribution < 1.29 is 4.74 Å². The molecule has 0 saturated heterocycles. The van der Waals surface area contributed by atoms with Gasteiger partial charge >= 0.3 is 0 Å². The predicted molar refractivity (Wildman–Crippen MR) is 68.3 cm³/mol. The second kappa shape index (κ2) is 12.0. The molecule has 0 aliphatic rings. The number of hydrogen-bond donors (Lipinski definition) is 0. The molecular weight excluding hydrogens is 184 g/mol. The lowest BCUT2D eigenvalue weighted by Crippen LogP contribution is -2.07. The Bertz CT molecular complexity index is 112. The van der Waals surface area contributed by atoms with E-state index in [0.29, 0.717) is 6.10 Å². The third-order valence-corrected chi connectivity index (χ3v) is 2.92. The molecule has 0 spiro atoms. The Hall–Kier alpha value is -0.0400. The Kier molecular flexibility index (Phi) is 12.0. The van der Waals surface area contributed by atoms with Crippen molar-refractivity contribution in [2.75, 3.05) is 6.61 Å². The molecule has 0 heterocycles. The van der Waals surface area contributed by atoms with Gasteiger partial charge in [0.25, 0.3) is 0 Å². The van der Waals surface area contributed by atoms with Crippen LogP contribution in [0.25, 0.3) is 0 Å². The van der Waals surface area contributed by atoms with Gasteiger partial charge in [0.15, 0.2) is 0 Å². The van der Waals surface area contributed by atoms with Gasteiger partial charge in [0.1, 0.15) is 0 Å². The molecule has 0 aromatic rings. The second-order valence-corrected chi connectivity index (χ2v) is 4.53. The fourth-order valence-corrected chi connectivity index (χ4v) is 1.93. The summed E-state index contributed by atoms with van der Waals surface area (Å²) < 4.78 is 5.50. The average Bonchev–Trinajstić information content (AvgIpc) is 2.22. The van der Waals surface area contributed by atoms with E-state index in [2.05, 4.69) is 20.8 Å². The van der Waals surface area contributed by atoms with Crippen molar-refractivity contribution in [2.24, 2.45) is 0 Å². The Morgan fingerprint density at radius 3 is 1.87 bits per heavy atom. The first kappa shape index (κ1) is 15.0. The van der Waals surface area contributed by atoms with E-state index in [9.17, 15) is 0 Å². The quantitative estimate of drug-likeness (QED) is 0.442. The fraction of sp³-hybridized carbons (Fsp3) is 1.00. The van der Waals surface area contributed by atoms with Crippen LogP contribution in [0.3, 0.4) is 0 Å². The third kappa shape index (κ3) is 11.9. The van der Waals surface area contributed by atoms with Gasteiger partial charge in [-0.2, -0.15) is 0 Å². The molecule has 0 aliphatic carbocycles. The van der Waals surface area contributed by atoms with E-state index in [1.54, 1.807) is 0 Å². The summed E-state index contributed by atoms with van der Waals surface area (Å²) in [5, 5.41) is 0. The first-order chi connectivity index (χ1) is 7.31. The molecule has 0 aliphatic heterocycles. The van der Waals surface area contributed by atoms with Crippen molar-refractivity contribution in [1.29, 1.82) is 0 Å². The number of rotatable bonds is 11. The summed E-state index contributed by atoms with van der Waals surface area (Å²) >= 11 is 0. The maximum atomic E-state index is 5.50. The maximum absolute atomic E-state index is 5.50. The zero-order chi connectivity index (χ0) is 11.4. The molecule has 0 N–H and O–H groups in total. The molecule has 1 nitrogen and oxygen atoms in total. The molecule has 0 saturated carbocycles. The van der Waals surface area contributed by atoms with Gasteiger partial charge in [-0.15, -0.1) is 0 Å². The van der Waals surface area contributed by atoms with E-state index in [1.807, 2.05) is 0 Å². The summed E-state index contributed by atoms with van der Waals surface area (Å²) in [6.45, 7) is 7.39. The van der Waals surface area contributed by atoms with Crippen LogP contribution < -0.4 is 0 Å². The minimum absolute atomic E-state index is 0.468. The fourth-order valence-electron chi connectivity index (χ4n) is 1.93. The largest absolute Gasteiger partial charge is 0.379 e. The van der Waals surface area contributed by atoms with Gasteiger partial charge in [0, 0.05) is 6.61 Å². The van der Waals surface area contributed by atoms with Gasteiger partial charge in [-0.1, -0.05) is 58.3 Å². The van der Waals surface area contributed by atoms with Crippen molar-refractivity contribution >= 4 is 0 Å². The number of ether oxygens (including phenoxy) is 1. The Balaban J connectivity index is 2.98. The molecule has 15 heavy (non-hydrogen) atoms. The molecule has 0 rings (SSSR count). The first-order valence-electron chi connectivity index (χ1n) is 6.92. The lowest BCUT2D eigenvalue weighted by atomic mass is 10.1. The lowest BCUT2D eigenvalue weighted by Gasteiger charge is -2.10. The highest BCUT2D eigenvalue weighted by atomic mass is 16.5. The van der Waals surface area contributed by atoms with E-state index in [0.717, 1.165) is 6.61 Å². The zero-order valence-corrected chi connectivity index (χ0v) is 11.1. The highest BCUT2D eigenvalue weighted by Crippen LogP contribution is 2.11. The van der Waals surface area contributed by atoms with Crippen LogP contribution in [-0.4, -0.2) is 12.7 Å². The minimum Gasteiger partial charge on any atom is -0.379 e. The van der Waals surface area contributed by atoms with Crippen molar-refractivity contribution in [2.45, 2.75) is 84.7 Å². The third-order valence-electron chi connectivity index (χ3n) is 2.92. The van der Waals surface area contributed by atoms with E-state index in [-0.39, 0.29) is 0 Å². The van der Waals surface area contributed by atoms with Gasteiger partial charge in [-0.05, 0) is 20.3 Å². The van der Waals surface area contributed by atoms with Crippen LogP contribution in [0.5, 0.6) is 0 Å². The van der Waals surface area contributed by atoms with Crippen molar-refractivity contribution in [3.63, 3.8) is 0 Å². The Morgan fingerprint density at radius 1 is 0.800 bits per heavy atom. The summed E-state index contributed by atoms with van der Waals surface area (Å²) in [4.78, 5) is 0. The van der Waals surface area contributed by atoms with Gasteiger partial charge < -0.3 is 4.74 Å². The highest BCUT2D eigenvalue weighted by molar-refractivity contribution is 4.52. The standard InChI is InChI=1S/C14H30O/c1-4-6-7-8-9-10-11-12-13-14(3)15-5-2/h14H,4-13H2,1-3H3. The Labute approximate surface area is 96.6 Å². The Morgan fingerprint density at radius 2 is 1.33 bits per heavy atom. The topological polar surface area (TPSA) is 9.23 Å². The zero-order valence-electron chi connectivity index (χ0n) is 11.1. The normalized spacial score (nSPS) is 13.0. The van der Waals surface area contributed by atoms with E-state index in [1.165, 1.54) is 57.8 Å². The maximum Gasteiger partial charge on any atom is 0.0546 e. The molecule has 1 unspecified atom stereocenters. The van der Waals surface area contributed by atoms with Crippen LogP contribution >= 0.6 is 0 Å². The van der Waals surface area contributed by atoms with E-state index in [4.69, 9.17) is 4.74 Å². The molecule has 0 amide bonds. The summed E-state index contributed by atoms with van der Waals surface area (Å²) in [5.41, 5.74) is 0. The molecule has 92 valence electrons. The van der Waals surface area contributed by atoms with Crippen LogP contribution in [0.2, 0.25) is 0 Å². The summed E-state index contributed by atoms with van der Waals surface area (Å²) in [6, 6.07) is 0. The molecule has 0 aromatic carbocycles. The first-order valence-corrected chi connectivity index (χ1v) is 6.92. The smallest absolute Gasteiger partial charge is 0.0546 e. The van der Waals surface area contributed by atoms with Crippen LogP contribution in [0.4, 0.5) is 0 Å². The average molecular weight is 214 g/mol. The number of hydrogen-bond acceptors (Lipinski definition) is 1. The predicted octanol–water partition coefficient (Wildman–Crippen LogP) is 4.94. The molecule has 1 heteroatoms. The van der Waals surface area contributed by atoms with E-state index < -0.39 is 0 Å². The highest BCUT2D eigenvalue weighted by Gasteiger charge is 1.99. The van der Waals surface area contributed by atoms with Crippen LogP contribution in [-0.2, 0) is 4.74 Å². The van der Waals surface area contributed by atoms with Crippen molar-refractivity contribution in [1.82, 2.24) is 0 Å². The molecule has 0 aromatic heterocycles. The van der Waals surface area contributed by atoms with Crippen LogP contribution in [0.1, 0.15) is 78.6 Å². The van der Waals surface area contributed by atoms with Gasteiger partial charge in [0.2, 0.25) is 0 Å². The lowest BCUT2D eigenvalue weighted by molar-refractivity contribution is 0.0683.